The fourth-order valence-electron chi connectivity index (χ4n) is 3.59. The zero-order chi connectivity index (χ0) is 35.0. The summed E-state index contributed by atoms with van der Waals surface area (Å²) in [4.78, 5) is 75.7. The molecule has 0 fully saturated rings. The number of benzene rings is 1. The van der Waals surface area contributed by atoms with Gasteiger partial charge in [-0.2, -0.15) is 0 Å². The summed E-state index contributed by atoms with van der Waals surface area (Å²) in [6.45, 7) is 8.72. The van der Waals surface area contributed by atoms with Crippen LogP contribution in [0.25, 0.3) is 0 Å². The van der Waals surface area contributed by atoms with E-state index in [1.807, 2.05) is 45.2 Å². The van der Waals surface area contributed by atoms with E-state index >= 15 is 0 Å². The van der Waals surface area contributed by atoms with Crippen molar-refractivity contribution in [3.63, 3.8) is 0 Å². The average Bonchev–Trinajstić information content (AvgIpc) is 2.85. The first-order valence-electron chi connectivity index (χ1n) is 13.3. The van der Waals surface area contributed by atoms with Crippen LogP contribution in [0.4, 0.5) is 15.3 Å². The van der Waals surface area contributed by atoms with Crippen molar-refractivity contribution >= 4 is 109 Å². The van der Waals surface area contributed by atoms with Crippen molar-refractivity contribution in [2.45, 2.75) is 64.8 Å². The smallest absolute Gasteiger partial charge is 0.408 e. The average molecular weight is 973 g/mol. The minimum absolute atomic E-state index is 0.0512. The molecule has 15 nitrogen and oxygen atoms in total. The zero-order valence-electron chi connectivity index (χ0n) is 25.8. The Labute approximate surface area is 301 Å². The molecule has 0 saturated heterocycles. The topological polar surface area (TPSA) is 227 Å². The molecule has 18 heteroatoms. The molecule has 0 radical (unpaired) electrons. The van der Waals surface area contributed by atoms with Gasteiger partial charge in [0, 0.05) is 23.7 Å². The number of likely N-dealkylation sites (N-methyl/N-ethyl adjacent to an activating group) is 1. The normalized spacial score (nSPS) is 12.9. The predicted molar refractivity (Wildman–Crippen MR) is 190 cm³/mol. The SMILES string of the molecule is CN(CC(NCC(N)C(=O)CNC(=O)OC(C)(C)C)C(=O)CNC(=O)OC(C)(C)C)c1c(I)c(C(=O)O)c(I)c(C(=O)O)c1I. The van der Waals surface area contributed by atoms with Gasteiger partial charge in [-0.15, -0.1) is 0 Å². The molecule has 1 rings (SSSR count). The number of halogens is 3. The van der Waals surface area contributed by atoms with E-state index in [0.29, 0.717) is 0 Å². The number of carbonyl (C=O) groups is 6. The van der Waals surface area contributed by atoms with E-state index in [1.54, 1.807) is 71.2 Å². The Morgan fingerprint density at radius 1 is 0.778 bits per heavy atom. The first-order chi connectivity index (χ1) is 20.5. The van der Waals surface area contributed by atoms with Crippen LogP contribution in [-0.2, 0) is 19.1 Å². The highest BCUT2D eigenvalue weighted by Gasteiger charge is 2.31. The molecule has 252 valence electrons. The molecular weight excluding hydrogens is 935 g/mol. The minimum Gasteiger partial charge on any atom is -0.478 e. The summed E-state index contributed by atoms with van der Waals surface area (Å²) < 4.78 is 10.8. The largest absolute Gasteiger partial charge is 0.478 e. The number of hydrogen-bond donors (Lipinski definition) is 6. The number of carbonyl (C=O) groups excluding carboxylic acids is 4. The summed E-state index contributed by atoms with van der Waals surface area (Å²) in [5.74, 6) is -3.74. The number of nitrogens with one attached hydrogen (secondary N) is 3. The van der Waals surface area contributed by atoms with Crippen LogP contribution in [0.1, 0.15) is 62.3 Å². The standard InChI is InChI=1S/C27H38I3N5O10/c1-26(2,3)44-24(42)33-9-14(36)12(31)8-32-13(15(37)10-34-25(43)45-27(4,5)6)11-35(7)21-19(29)16(22(38)39)18(28)17(20(21)30)23(40)41/h12-13,32H,8-11,31H2,1-7H3,(H,33,42)(H,34,43)(H,38,39)(H,40,41). The first-order valence-corrected chi connectivity index (χ1v) is 16.6. The number of aromatic carboxylic acids is 2. The molecule has 1 aromatic carbocycles. The molecule has 0 saturated carbocycles. The van der Waals surface area contributed by atoms with E-state index in [2.05, 4.69) is 16.0 Å². The number of nitrogens with zero attached hydrogens (tertiary/aromatic N) is 1. The number of rotatable bonds is 14. The Bertz CT molecular complexity index is 1290. The van der Waals surface area contributed by atoms with Crippen molar-refractivity contribution in [3.8, 4) is 0 Å². The van der Waals surface area contributed by atoms with E-state index in [0.717, 1.165) is 0 Å². The Morgan fingerprint density at radius 3 is 1.56 bits per heavy atom. The number of carboxylic acids is 2. The van der Waals surface area contributed by atoms with Gasteiger partial charge >= 0.3 is 24.1 Å². The Morgan fingerprint density at radius 2 is 1.18 bits per heavy atom. The highest BCUT2D eigenvalue weighted by molar-refractivity contribution is 14.1. The molecule has 0 heterocycles. The van der Waals surface area contributed by atoms with E-state index in [1.165, 1.54) is 4.90 Å². The molecule has 1 aromatic rings. The third kappa shape index (κ3) is 13.3. The van der Waals surface area contributed by atoms with Gasteiger partial charge in [-0.3, -0.25) is 9.59 Å². The molecule has 7 N–H and O–H groups in total. The third-order valence-corrected chi connectivity index (χ3v) is 8.74. The number of anilines is 1. The lowest BCUT2D eigenvalue weighted by atomic mass is 10.1. The van der Waals surface area contributed by atoms with Gasteiger partial charge in [0.15, 0.2) is 11.6 Å². The molecule has 0 spiro atoms. The number of Topliss-reactive ketones (excluding diaryl/α,β-unsaturated/α-hetero) is 2. The molecule has 0 aromatic heterocycles. The molecule has 0 aliphatic heterocycles. The van der Waals surface area contributed by atoms with Gasteiger partial charge in [0.1, 0.15) is 11.2 Å². The Hall–Kier alpha value is -2.05. The minimum atomic E-state index is -1.32. The number of nitrogens with two attached hydrogens (primary N) is 1. The van der Waals surface area contributed by atoms with Crippen molar-refractivity contribution in [2.24, 2.45) is 5.73 Å². The Balaban J connectivity index is 3.28. The number of hydrogen-bond acceptors (Lipinski definition) is 11. The van der Waals surface area contributed by atoms with Crippen molar-refractivity contribution < 1.29 is 48.5 Å². The molecule has 2 atom stereocenters. The van der Waals surface area contributed by atoms with Gasteiger partial charge in [0.05, 0.1) is 49.1 Å². The highest BCUT2D eigenvalue weighted by Crippen LogP contribution is 2.37. The number of alkyl carbamates (subject to hydrolysis) is 2. The lowest BCUT2D eigenvalue weighted by molar-refractivity contribution is -0.121. The van der Waals surface area contributed by atoms with E-state index in [9.17, 15) is 39.0 Å². The maximum Gasteiger partial charge on any atom is 0.408 e. The molecule has 0 aliphatic rings. The number of amides is 2. The molecule has 2 unspecified atom stereocenters. The number of ether oxygens (including phenoxy) is 2. The number of carboxylic acid groups (broad SMARTS) is 2. The van der Waals surface area contributed by atoms with Crippen LogP contribution in [0.15, 0.2) is 0 Å². The van der Waals surface area contributed by atoms with Crippen molar-refractivity contribution in [2.75, 3.05) is 38.1 Å². The van der Waals surface area contributed by atoms with Crippen LogP contribution in [0.5, 0.6) is 0 Å². The summed E-state index contributed by atoms with van der Waals surface area (Å²) in [6, 6.07) is -2.25. The summed E-state index contributed by atoms with van der Waals surface area (Å²) in [7, 11) is 1.54. The Kier molecular flexibility index (Phi) is 15.7. The quantitative estimate of drug-likeness (QED) is 0.148. The van der Waals surface area contributed by atoms with Gasteiger partial charge < -0.3 is 46.3 Å². The molecule has 2 amide bonds. The highest BCUT2D eigenvalue weighted by atomic mass is 127. The molecule has 45 heavy (non-hydrogen) atoms. The predicted octanol–water partition coefficient (Wildman–Crippen LogP) is 2.81. The van der Waals surface area contributed by atoms with E-state index < -0.39 is 72.1 Å². The van der Waals surface area contributed by atoms with E-state index in [4.69, 9.17) is 15.2 Å². The first kappa shape index (κ1) is 41.0. The van der Waals surface area contributed by atoms with Gasteiger partial charge in [0.2, 0.25) is 0 Å². The summed E-state index contributed by atoms with van der Waals surface area (Å²) in [6.07, 6.45) is -1.64. The molecule has 0 aliphatic carbocycles. The van der Waals surface area contributed by atoms with Crippen LogP contribution >= 0.6 is 67.8 Å². The lowest BCUT2D eigenvalue weighted by Crippen LogP contribution is -2.54. The second kappa shape index (κ2) is 17.2. The van der Waals surface area contributed by atoms with Crippen LogP contribution in [0.3, 0.4) is 0 Å². The van der Waals surface area contributed by atoms with Crippen molar-refractivity contribution in [3.05, 3.63) is 21.8 Å². The van der Waals surface area contributed by atoms with Gasteiger partial charge in [-0.25, -0.2) is 19.2 Å². The summed E-state index contributed by atoms with van der Waals surface area (Å²) >= 11 is 5.31. The lowest BCUT2D eigenvalue weighted by Gasteiger charge is -2.29. The fourth-order valence-corrected chi connectivity index (χ4v) is 8.50. The second-order valence-electron chi connectivity index (χ2n) is 11.7. The van der Waals surface area contributed by atoms with Crippen molar-refractivity contribution in [1.82, 2.24) is 16.0 Å². The van der Waals surface area contributed by atoms with Crippen LogP contribution in [0, 0.1) is 10.7 Å². The van der Waals surface area contributed by atoms with Crippen LogP contribution in [-0.4, -0.2) is 102 Å². The fraction of sp³-hybridized carbons (Fsp3) is 0.556. The summed E-state index contributed by atoms with van der Waals surface area (Å²) in [5.41, 5.74) is 4.30. The van der Waals surface area contributed by atoms with Crippen molar-refractivity contribution in [1.29, 1.82) is 0 Å². The second-order valence-corrected chi connectivity index (χ2v) is 15.0. The number of ketones is 2. The van der Waals surface area contributed by atoms with E-state index in [-0.39, 0.29) is 40.6 Å². The van der Waals surface area contributed by atoms with Gasteiger partial charge in [-0.05, 0) is 109 Å². The molecule has 0 bridgehead atoms. The maximum atomic E-state index is 13.3. The van der Waals surface area contributed by atoms with Crippen LogP contribution < -0.4 is 26.6 Å². The monoisotopic (exact) mass is 973 g/mol. The van der Waals surface area contributed by atoms with Gasteiger partial charge in [-0.1, -0.05) is 0 Å². The third-order valence-electron chi connectivity index (χ3n) is 5.56. The maximum absolute atomic E-state index is 13.3. The molecular formula is C27H38I3N5O10. The zero-order valence-corrected chi connectivity index (χ0v) is 32.3. The summed E-state index contributed by atoms with van der Waals surface area (Å²) in [5, 5.41) is 27.3. The van der Waals surface area contributed by atoms with Gasteiger partial charge in [0.25, 0.3) is 0 Å². The van der Waals surface area contributed by atoms with Crippen LogP contribution in [0.2, 0.25) is 0 Å².